The van der Waals surface area contributed by atoms with Crippen molar-refractivity contribution in [2.45, 2.75) is 19.0 Å². The zero-order chi connectivity index (χ0) is 18.0. The molecule has 1 amide bonds. The summed E-state index contributed by atoms with van der Waals surface area (Å²) in [4.78, 5) is 14.3. The molecule has 1 aliphatic rings. The third-order valence-corrected chi connectivity index (χ3v) is 5.24. The highest BCUT2D eigenvalue weighted by Gasteiger charge is 2.33. The summed E-state index contributed by atoms with van der Waals surface area (Å²) < 4.78 is 44.4. The molecule has 2 aromatic rings. The van der Waals surface area contributed by atoms with E-state index < -0.39 is 11.7 Å². The van der Waals surface area contributed by atoms with Crippen LogP contribution in [0.25, 0.3) is 10.4 Å². The number of hydrogen-bond acceptors (Lipinski definition) is 3. The lowest BCUT2D eigenvalue weighted by atomic mass is 10.1. The second-order valence-electron chi connectivity index (χ2n) is 5.72. The summed E-state index contributed by atoms with van der Waals surface area (Å²) in [6.07, 6.45) is -2.50. The van der Waals surface area contributed by atoms with Gasteiger partial charge >= 0.3 is 6.18 Å². The number of benzene rings is 1. The van der Waals surface area contributed by atoms with Crippen LogP contribution >= 0.6 is 22.9 Å². The molecule has 3 rings (SSSR count). The van der Waals surface area contributed by atoms with E-state index >= 15 is 0 Å². The number of rotatable bonds is 4. The molecule has 1 saturated heterocycles. The van der Waals surface area contributed by atoms with E-state index in [0.29, 0.717) is 16.2 Å². The van der Waals surface area contributed by atoms with Crippen LogP contribution in [0, 0.1) is 0 Å². The van der Waals surface area contributed by atoms with Crippen molar-refractivity contribution in [2.75, 3.05) is 19.7 Å². The van der Waals surface area contributed by atoms with E-state index in [1.165, 1.54) is 23.5 Å². The lowest BCUT2D eigenvalue weighted by Crippen LogP contribution is -2.32. The van der Waals surface area contributed by atoms with Gasteiger partial charge in [0, 0.05) is 23.3 Å². The molecule has 0 saturated carbocycles. The van der Waals surface area contributed by atoms with Gasteiger partial charge in [-0.15, -0.1) is 11.3 Å². The van der Waals surface area contributed by atoms with Gasteiger partial charge in [-0.1, -0.05) is 17.7 Å². The molecule has 0 aliphatic carbocycles. The Morgan fingerprint density at radius 2 is 1.96 bits per heavy atom. The monoisotopic (exact) mass is 389 g/mol. The second-order valence-corrected chi connectivity index (χ2v) is 7.03. The van der Waals surface area contributed by atoms with Crippen molar-refractivity contribution in [1.29, 1.82) is 0 Å². The second kappa shape index (κ2) is 7.25. The van der Waals surface area contributed by atoms with Gasteiger partial charge in [0.05, 0.1) is 10.6 Å². The number of halogens is 4. The lowest BCUT2D eigenvalue weighted by molar-refractivity contribution is -0.137. The quantitative estimate of drug-likeness (QED) is 0.729. The molecule has 0 unspecified atom stereocenters. The minimum atomic E-state index is -4.51. The number of amides is 1. The molecule has 3 nitrogen and oxygen atoms in total. The van der Waals surface area contributed by atoms with Crippen LogP contribution in [-0.2, 0) is 11.0 Å². The standard InChI is InChI=1S/C17H15ClF3NO2S/c18-14-4-3-11(7-13(14)17(19,20)21)15-8-12(10-25-15)24-9-16(23)22-5-1-2-6-22/h3-4,7-8,10H,1-2,5-6,9H2. The number of carbonyl (C=O) groups excluding carboxylic acids is 1. The summed E-state index contributed by atoms with van der Waals surface area (Å²) in [5, 5.41) is 1.34. The first-order valence-electron chi connectivity index (χ1n) is 7.71. The van der Waals surface area contributed by atoms with E-state index in [-0.39, 0.29) is 17.5 Å². The van der Waals surface area contributed by atoms with Crippen molar-refractivity contribution in [3.05, 3.63) is 40.2 Å². The molecule has 25 heavy (non-hydrogen) atoms. The van der Waals surface area contributed by atoms with Crippen molar-refractivity contribution < 1.29 is 22.7 Å². The Hall–Kier alpha value is -1.73. The van der Waals surface area contributed by atoms with Gasteiger partial charge in [0.2, 0.25) is 0 Å². The van der Waals surface area contributed by atoms with Gasteiger partial charge in [-0.3, -0.25) is 4.79 Å². The van der Waals surface area contributed by atoms with E-state index in [4.69, 9.17) is 16.3 Å². The number of carbonyl (C=O) groups is 1. The van der Waals surface area contributed by atoms with Gasteiger partial charge in [-0.25, -0.2) is 0 Å². The predicted octanol–water partition coefficient (Wildman–Crippen LogP) is 5.09. The van der Waals surface area contributed by atoms with Crippen LogP contribution in [0.1, 0.15) is 18.4 Å². The molecular formula is C17H15ClF3NO2S. The fourth-order valence-electron chi connectivity index (χ4n) is 2.64. The number of alkyl halides is 3. The molecule has 0 radical (unpaired) electrons. The van der Waals surface area contributed by atoms with Crippen LogP contribution in [-0.4, -0.2) is 30.5 Å². The van der Waals surface area contributed by atoms with Crippen molar-refractivity contribution in [3.63, 3.8) is 0 Å². The molecular weight excluding hydrogens is 375 g/mol. The average molecular weight is 390 g/mol. The van der Waals surface area contributed by atoms with Crippen LogP contribution in [0.15, 0.2) is 29.6 Å². The Morgan fingerprint density at radius 1 is 1.24 bits per heavy atom. The van der Waals surface area contributed by atoms with Crippen molar-refractivity contribution >= 4 is 28.8 Å². The molecule has 8 heteroatoms. The van der Waals surface area contributed by atoms with Crippen molar-refractivity contribution in [1.82, 2.24) is 4.90 Å². The SMILES string of the molecule is O=C(COc1csc(-c2ccc(Cl)c(C(F)(F)F)c2)c1)N1CCCC1. The van der Waals surface area contributed by atoms with Crippen molar-refractivity contribution in [3.8, 4) is 16.2 Å². The zero-order valence-electron chi connectivity index (χ0n) is 13.1. The third-order valence-electron chi connectivity index (χ3n) is 3.95. The highest BCUT2D eigenvalue weighted by atomic mass is 35.5. The molecule has 0 atom stereocenters. The molecule has 0 N–H and O–H groups in total. The van der Waals surface area contributed by atoms with Gasteiger partial charge in [-0.05, 0) is 36.6 Å². The molecule has 1 fully saturated rings. The van der Waals surface area contributed by atoms with Crippen LogP contribution in [0.4, 0.5) is 13.2 Å². The number of thiophene rings is 1. The molecule has 0 bridgehead atoms. The maximum absolute atomic E-state index is 13.0. The normalized spacial score (nSPS) is 14.8. The van der Waals surface area contributed by atoms with Gasteiger partial charge in [-0.2, -0.15) is 13.2 Å². The molecule has 1 aliphatic heterocycles. The summed E-state index contributed by atoms with van der Waals surface area (Å²) in [5.74, 6) is 0.396. The summed E-state index contributed by atoms with van der Waals surface area (Å²) in [5.41, 5.74) is -0.464. The Morgan fingerprint density at radius 3 is 2.64 bits per heavy atom. The summed E-state index contributed by atoms with van der Waals surface area (Å²) in [7, 11) is 0. The van der Waals surface area contributed by atoms with E-state index in [1.54, 1.807) is 16.3 Å². The number of likely N-dealkylation sites (tertiary alicyclic amines) is 1. The number of hydrogen-bond donors (Lipinski definition) is 0. The summed E-state index contributed by atoms with van der Waals surface area (Å²) in [6.45, 7) is 1.44. The third kappa shape index (κ3) is 4.27. The summed E-state index contributed by atoms with van der Waals surface area (Å²) in [6, 6.07) is 5.41. The van der Waals surface area contributed by atoms with Gasteiger partial charge in [0.15, 0.2) is 6.61 Å². The highest BCUT2D eigenvalue weighted by molar-refractivity contribution is 7.13. The van der Waals surface area contributed by atoms with Gasteiger partial charge in [0.1, 0.15) is 5.75 Å². The minimum Gasteiger partial charge on any atom is -0.483 e. The van der Waals surface area contributed by atoms with E-state index in [1.807, 2.05) is 0 Å². The largest absolute Gasteiger partial charge is 0.483 e. The highest BCUT2D eigenvalue weighted by Crippen LogP contribution is 2.39. The summed E-state index contributed by atoms with van der Waals surface area (Å²) >= 11 is 6.89. The zero-order valence-corrected chi connectivity index (χ0v) is 14.7. The maximum Gasteiger partial charge on any atom is 0.417 e. The van der Waals surface area contributed by atoms with Crippen LogP contribution in [0.2, 0.25) is 5.02 Å². The van der Waals surface area contributed by atoms with Gasteiger partial charge in [0.25, 0.3) is 5.91 Å². The van der Waals surface area contributed by atoms with Gasteiger partial charge < -0.3 is 9.64 Å². The average Bonchev–Trinajstić information content (AvgIpc) is 3.24. The molecule has 1 aromatic carbocycles. The first kappa shape index (κ1) is 18.1. The van der Waals surface area contributed by atoms with E-state index in [0.717, 1.165) is 32.0 Å². The Labute approximate surface area is 152 Å². The Balaban J connectivity index is 1.70. The van der Waals surface area contributed by atoms with E-state index in [9.17, 15) is 18.0 Å². The first-order chi connectivity index (χ1) is 11.8. The van der Waals surface area contributed by atoms with Crippen molar-refractivity contribution in [2.24, 2.45) is 0 Å². The minimum absolute atomic E-state index is 0.0649. The first-order valence-corrected chi connectivity index (χ1v) is 8.96. The van der Waals surface area contributed by atoms with Crippen LogP contribution in [0.5, 0.6) is 5.75 Å². The number of nitrogens with zero attached hydrogens (tertiary/aromatic N) is 1. The molecule has 1 aromatic heterocycles. The Bertz CT molecular complexity index is 769. The fraction of sp³-hybridized carbons (Fsp3) is 0.353. The maximum atomic E-state index is 13.0. The number of ether oxygens (including phenoxy) is 1. The van der Waals surface area contributed by atoms with Crippen LogP contribution < -0.4 is 4.74 Å². The van der Waals surface area contributed by atoms with Crippen LogP contribution in [0.3, 0.4) is 0 Å². The molecule has 134 valence electrons. The smallest absolute Gasteiger partial charge is 0.417 e. The predicted molar refractivity (Wildman–Crippen MR) is 91.1 cm³/mol. The Kier molecular flexibility index (Phi) is 5.24. The molecule has 0 spiro atoms. The lowest BCUT2D eigenvalue weighted by Gasteiger charge is -2.14. The van der Waals surface area contributed by atoms with E-state index in [2.05, 4.69) is 0 Å². The fourth-order valence-corrected chi connectivity index (χ4v) is 3.70. The molecule has 2 heterocycles. The topological polar surface area (TPSA) is 29.5 Å².